The number of carbonyl (C=O) groups is 4. The number of anilines is 1. The van der Waals surface area contributed by atoms with Gasteiger partial charge in [0.05, 0.1) is 24.6 Å². The van der Waals surface area contributed by atoms with Gasteiger partial charge in [0.1, 0.15) is 11.5 Å². The van der Waals surface area contributed by atoms with Crippen molar-refractivity contribution in [2.45, 2.75) is 28.5 Å². The molecule has 2 aromatic rings. The number of imide groups is 2. The Morgan fingerprint density at radius 2 is 1.67 bits per heavy atom. The molecule has 6 atom stereocenters. The van der Waals surface area contributed by atoms with E-state index in [0.717, 1.165) is 9.80 Å². The molecule has 2 aromatic carbocycles. The normalized spacial score (nSPS) is 33.6. The van der Waals surface area contributed by atoms with E-state index in [2.05, 4.69) is 0 Å². The van der Waals surface area contributed by atoms with Crippen LogP contribution in [0.2, 0.25) is 5.02 Å². The highest BCUT2D eigenvalue weighted by atomic mass is 35.5. The van der Waals surface area contributed by atoms with Crippen LogP contribution in [-0.4, -0.2) is 57.5 Å². The number of fused-ring (bicyclic) bond motifs is 4. The number of halogens is 3. The van der Waals surface area contributed by atoms with Crippen LogP contribution in [0.1, 0.15) is 24.3 Å². The monoisotopic (exact) mass is 588 g/mol. The smallest absolute Gasteiger partial charge is 0.253 e. The summed E-state index contributed by atoms with van der Waals surface area (Å²) in [5, 5.41) is 10.6. The van der Waals surface area contributed by atoms with Gasteiger partial charge in [-0.25, -0.2) is 0 Å². The van der Waals surface area contributed by atoms with E-state index in [0.29, 0.717) is 21.8 Å². The lowest BCUT2D eigenvalue weighted by molar-refractivity contribution is -0.138. The van der Waals surface area contributed by atoms with Crippen molar-refractivity contribution in [2.24, 2.45) is 17.8 Å². The number of hydrogen-bond donors (Lipinski definition) is 1. The molecule has 0 spiro atoms. The highest BCUT2D eigenvalue weighted by Gasteiger charge is 2.76. The number of hydrogen-bond acceptors (Lipinski definition) is 6. The first-order valence-electron chi connectivity index (χ1n) is 12.4. The van der Waals surface area contributed by atoms with Gasteiger partial charge >= 0.3 is 0 Å². The first-order chi connectivity index (χ1) is 18.5. The molecule has 39 heavy (non-hydrogen) atoms. The third kappa shape index (κ3) is 3.31. The van der Waals surface area contributed by atoms with Gasteiger partial charge in [0.15, 0.2) is 9.75 Å². The number of carbonyl (C=O) groups excluding carboxylic acids is 4. The topological polar surface area (TPSA) is 104 Å². The zero-order chi connectivity index (χ0) is 28.0. The van der Waals surface area contributed by atoms with Crippen LogP contribution in [0.15, 0.2) is 54.1 Å². The fourth-order valence-electron chi connectivity index (χ4n) is 6.87. The van der Waals surface area contributed by atoms with Gasteiger partial charge in [-0.15, -0.1) is 23.2 Å². The lowest BCUT2D eigenvalue weighted by atomic mass is 9.56. The number of phenols is 1. The molecule has 0 radical (unpaired) electrons. The summed E-state index contributed by atoms with van der Waals surface area (Å²) in [5.74, 6) is -5.03. The maximum atomic E-state index is 13.9. The predicted molar refractivity (Wildman–Crippen MR) is 144 cm³/mol. The lowest BCUT2D eigenvalue weighted by Crippen LogP contribution is -2.60. The summed E-state index contributed by atoms with van der Waals surface area (Å²) in [5.41, 5.74) is 1.48. The Morgan fingerprint density at radius 3 is 2.33 bits per heavy atom. The number of nitrogens with zero attached hydrogens (tertiary/aromatic N) is 2. The van der Waals surface area contributed by atoms with Crippen molar-refractivity contribution in [3.05, 3.63) is 64.7 Å². The molecule has 1 saturated carbocycles. The van der Waals surface area contributed by atoms with E-state index in [9.17, 15) is 24.3 Å². The van der Waals surface area contributed by atoms with Crippen molar-refractivity contribution in [2.75, 3.05) is 19.1 Å². The summed E-state index contributed by atoms with van der Waals surface area (Å²) >= 11 is 20.3. The Morgan fingerprint density at radius 1 is 0.974 bits per heavy atom. The van der Waals surface area contributed by atoms with Crippen LogP contribution in [0.5, 0.6) is 11.5 Å². The molecular formula is C28H23Cl3N2O6. The summed E-state index contributed by atoms with van der Waals surface area (Å²) in [7, 11) is 2.74. The molecule has 4 aliphatic rings. The molecule has 202 valence electrons. The van der Waals surface area contributed by atoms with Crippen molar-refractivity contribution in [3.63, 3.8) is 0 Å². The molecule has 3 fully saturated rings. The van der Waals surface area contributed by atoms with E-state index in [-0.39, 0.29) is 30.2 Å². The van der Waals surface area contributed by atoms with Crippen LogP contribution in [0.3, 0.4) is 0 Å². The van der Waals surface area contributed by atoms with Crippen LogP contribution in [0.25, 0.3) is 0 Å². The van der Waals surface area contributed by atoms with Gasteiger partial charge in [-0.3, -0.25) is 29.0 Å². The van der Waals surface area contributed by atoms with Crippen LogP contribution < -0.4 is 9.64 Å². The van der Waals surface area contributed by atoms with Gasteiger partial charge < -0.3 is 9.84 Å². The number of rotatable bonds is 3. The van der Waals surface area contributed by atoms with E-state index >= 15 is 0 Å². The molecule has 2 saturated heterocycles. The Bertz CT molecular complexity index is 1490. The van der Waals surface area contributed by atoms with E-state index in [1.807, 2.05) is 6.08 Å². The maximum Gasteiger partial charge on any atom is 0.253 e. The summed E-state index contributed by atoms with van der Waals surface area (Å²) in [4.78, 5) is 52.9. The fourth-order valence-corrected chi connectivity index (χ4v) is 8.01. The van der Waals surface area contributed by atoms with Crippen LogP contribution in [0.4, 0.5) is 5.69 Å². The quantitative estimate of drug-likeness (QED) is 0.326. The SMILES string of the molecule is COc1cc(O)ccc1[C@H]1C2=CC[C@@H]3C(=O)N(c4ccc(Cl)cc4)C(=O)[C@@H]3[C@@H]2C[C@@]2(Cl)C(=O)N(C)C(=O)[C@@]12Cl. The number of methoxy groups -OCH3 is 1. The second kappa shape index (κ2) is 8.71. The molecule has 0 unspecified atom stereocenters. The third-order valence-corrected chi connectivity index (χ3v) is 10.3. The fraction of sp³-hybridized carbons (Fsp3) is 0.357. The third-order valence-electron chi connectivity index (χ3n) is 8.63. The molecule has 1 N–H and O–H groups in total. The summed E-state index contributed by atoms with van der Waals surface area (Å²) in [6.45, 7) is 0. The molecule has 0 aromatic heterocycles. The molecule has 4 amide bonds. The molecule has 8 nitrogen and oxygen atoms in total. The predicted octanol–water partition coefficient (Wildman–Crippen LogP) is 4.25. The highest BCUT2D eigenvalue weighted by Crippen LogP contribution is 2.66. The van der Waals surface area contributed by atoms with E-state index in [1.54, 1.807) is 30.3 Å². The first kappa shape index (κ1) is 26.2. The largest absolute Gasteiger partial charge is 0.508 e. The Balaban J connectivity index is 1.53. The lowest BCUT2D eigenvalue weighted by Gasteiger charge is -2.51. The van der Waals surface area contributed by atoms with Gasteiger partial charge in [0.2, 0.25) is 11.8 Å². The average molecular weight is 590 g/mol. The first-order valence-corrected chi connectivity index (χ1v) is 13.5. The molecule has 0 bridgehead atoms. The Hall–Kier alpha value is -3.07. The second-order valence-electron chi connectivity index (χ2n) is 10.4. The highest BCUT2D eigenvalue weighted by molar-refractivity contribution is 6.53. The van der Waals surface area contributed by atoms with Crippen LogP contribution in [-0.2, 0) is 19.2 Å². The van der Waals surface area contributed by atoms with Crippen molar-refractivity contribution < 1.29 is 29.0 Å². The molecule has 11 heteroatoms. The molecule has 2 aliphatic heterocycles. The van der Waals surface area contributed by atoms with Gasteiger partial charge in [0.25, 0.3) is 11.8 Å². The van der Waals surface area contributed by atoms with Crippen molar-refractivity contribution in [1.29, 1.82) is 0 Å². The van der Waals surface area contributed by atoms with Gasteiger partial charge in [-0.2, -0.15) is 0 Å². The van der Waals surface area contributed by atoms with Gasteiger partial charge in [-0.1, -0.05) is 29.3 Å². The standard InChI is InChI=1S/C28H23Cl3N2O6/c1-32-25(37)27(30)12-19-16(22(28(27,31)26(32)38)17-8-7-15(34)11-20(17)39-2)9-10-18-21(19)24(36)33(23(18)35)14-5-3-13(29)4-6-14/h3-9,11,18-19,21-22,34H,10,12H2,1-2H3/t18-,19+,21-,22+,27+,28-/m0/s1. The zero-order valence-electron chi connectivity index (χ0n) is 20.9. The molecule has 2 heterocycles. The van der Waals surface area contributed by atoms with Gasteiger partial charge in [0, 0.05) is 29.6 Å². The van der Waals surface area contributed by atoms with E-state index < -0.39 is 51.1 Å². The van der Waals surface area contributed by atoms with E-state index in [1.165, 1.54) is 26.3 Å². The van der Waals surface area contributed by atoms with E-state index in [4.69, 9.17) is 39.5 Å². The molecule has 2 aliphatic carbocycles. The number of ether oxygens (including phenoxy) is 1. The summed E-state index contributed by atoms with van der Waals surface area (Å²) in [6, 6.07) is 10.8. The number of amides is 4. The number of phenolic OH excluding ortho intramolecular Hbond substituents is 1. The minimum absolute atomic E-state index is 0.0671. The number of benzene rings is 2. The van der Waals surface area contributed by atoms with Crippen LogP contribution >= 0.6 is 34.8 Å². The Kier molecular flexibility index (Phi) is 5.85. The molecule has 6 rings (SSSR count). The number of aromatic hydroxyl groups is 1. The number of alkyl halides is 2. The minimum atomic E-state index is -1.93. The number of allylic oxidation sites excluding steroid dienone is 2. The van der Waals surface area contributed by atoms with Crippen molar-refractivity contribution in [1.82, 2.24) is 4.90 Å². The average Bonchev–Trinajstić information content (AvgIpc) is 3.24. The summed E-state index contributed by atoms with van der Waals surface area (Å²) < 4.78 is 5.54. The molecular weight excluding hydrogens is 567 g/mol. The Labute approximate surface area is 239 Å². The second-order valence-corrected chi connectivity index (χ2v) is 12.1. The minimum Gasteiger partial charge on any atom is -0.508 e. The van der Waals surface area contributed by atoms with Crippen molar-refractivity contribution in [3.8, 4) is 11.5 Å². The van der Waals surface area contributed by atoms with Crippen molar-refractivity contribution >= 4 is 64.1 Å². The van der Waals surface area contributed by atoms with Gasteiger partial charge in [-0.05, 0) is 49.1 Å². The van der Waals surface area contributed by atoms with Crippen LogP contribution in [0, 0.1) is 17.8 Å². The maximum absolute atomic E-state index is 13.9. The summed E-state index contributed by atoms with van der Waals surface area (Å²) in [6.07, 6.45) is 1.97. The zero-order valence-corrected chi connectivity index (χ0v) is 23.1. The number of likely N-dealkylation sites (tertiary alicyclic amines) is 1.